The summed E-state index contributed by atoms with van der Waals surface area (Å²) in [6.07, 6.45) is 5.08. The zero-order valence-electron chi connectivity index (χ0n) is 2.68. The summed E-state index contributed by atoms with van der Waals surface area (Å²) in [7, 11) is 0. The fourth-order valence-corrected chi connectivity index (χ4v) is 0.215. The maximum atomic E-state index is 3.67. The summed E-state index contributed by atoms with van der Waals surface area (Å²) in [5.74, 6) is 0. The molecule has 0 aliphatic rings. The van der Waals surface area contributed by atoms with Crippen LogP contribution >= 0.6 is 0 Å². The van der Waals surface area contributed by atoms with Gasteiger partial charge in [-0.15, -0.1) is 0 Å². The van der Waals surface area contributed by atoms with E-state index in [0.29, 0.717) is 0 Å². The Kier molecular flexibility index (Phi) is 4.58. The number of H-pyrrole nitrogens is 1. The molecule has 0 aliphatic heterocycles. The van der Waals surface area contributed by atoms with Crippen LogP contribution in [-0.4, -0.2) is 61.4 Å². The van der Waals surface area contributed by atoms with Gasteiger partial charge in [-0.2, -0.15) is 0 Å². The molecular weight excluding hydrogens is 103 g/mol. The molecular formula is C3H5KN2. The summed E-state index contributed by atoms with van der Waals surface area (Å²) in [4.78, 5) is 6.42. The van der Waals surface area contributed by atoms with Crippen molar-refractivity contribution in [3.8, 4) is 0 Å². The number of nitrogens with one attached hydrogen (secondary N) is 1. The zero-order valence-corrected chi connectivity index (χ0v) is 2.68. The largest absolute Gasteiger partial charge is 0.351 e. The molecule has 0 unspecified atom stereocenters. The zero-order chi connectivity index (χ0) is 3.54. The molecule has 0 fully saturated rings. The summed E-state index contributed by atoms with van der Waals surface area (Å²) in [6.45, 7) is 0. The molecule has 1 aromatic rings. The predicted molar refractivity (Wildman–Crippen MR) is 25.7 cm³/mol. The van der Waals surface area contributed by atoms with E-state index in [0.717, 1.165) is 0 Å². The Bertz CT molecular complexity index is 65.3. The second kappa shape index (κ2) is 4.02. The van der Waals surface area contributed by atoms with E-state index in [-0.39, 0.29) is 51.4 Å². The monoisotopic (exact) mass is 108 g/mol. The first-order valence-corrected chi connectivity index (χ1v) is 1.43. The van der Waals surface area contributed by atoms with Crippen molar-refractivity contribution in [2.45, 2.75) is 0 Å². The fourth-order valence-electron chi connectivity index (χ4n) is 0.215. The molecule has 0 aliphatic carbocycles. The third-order valence-corrected chi connectivity index (χ3v) is 0.406. The molecule has 0 spiro atoms. The molecule has 0 saturated heterocycles. The minimum absolute atomic E-state index is 0. The first-order chi connectivity index (χ1) is 2.50. The van der Waals surface area contributed by atoms with Crippen molar-refractivity contribution >= 4 is 51.4 Å². The average Bonchev–Trinajstić information content (AvgIpc) is 1.76. The van der Waals surface area contributed by atoms with E-state index in [2.05, 4.69) is 9.97 Å². The van der Waals surface area contributed by atoms with Crippen LogP contribution in [0.3, 0.4) is 0 Å². The topological polar surface area (TPSA) is 28.7 Å². The van der Waals surface area contributed by atoms with Crippen molar-refractivity contribution in [2.75, 3.05) is 0 Å². The quantitative estimate of drug-likeness (QED) is 0.457. The molecule has 0 bridgehead atoms. The third kappa shape index (κ3) is 2.10. The van der Waals surface area contributed by atoms with Crippen LogP contribution in [0.1, 0.15) is 0 Å². The smallest absolute Gasteiger partial charge is 0.0919 e. The minimum Gasteiger partial charge on any atom is -0.351 e. The summed E-state index contributed by atoms with van der Waals surface area (Å²) in [5.41, 5.74) is 0. The second-order valence-electron chi connectivity index (χ2n) is 0.761. The Morgan fingerprint density at radius 2 is 2.33 bits per heavy atom. The summed E-state index contributed by atoms with van der Waals surface area (Å²) in [6, 6.07) is 0. The SMILES string of the molecule is [KH].c1c[nH]cn1. The maximum Gasteiger partial charge on any atom is 0.0919 e. The third-order valence-electron chi connectivity index (χ3n) is 0.406. The Morgan fingerprint density at radius 3 is 2.50 bits per heavy atom. The van der Waals surface area contributed by atoms with Gasteiger partial charge in [0.2, 0.25) is 0 Å². The standard InChI is InChI=1S/C3H4N2.K.H/c1-2-5-3-4-1;;/h1-3H,(H,4,5);;. The van der Waals surface area contributed by atoms with Crippen LogP contribution in [0.2, 0.25) is 0 Å². The van der Waals surface area contributed by atoms with Crippen molar-refractivity contribution in [1.29, 1.82) is 0 Å². The molecule has 1 rings (SSSR count). The van der Waals surface area contributed by atoms with Crippen LogP contribution in [-0.2, 0) is 0 Å². The van der Waals surface area contributed by atoms with E-state index < -0.39 is 0 Å². The Hall–Kier alpha value is 0.846. The van der Waals surface area contributed by atoms with Gasteiger partial charge in [0.1, 0.15) is 0 Å². The van der Waals surface area contributed by atoms with Gasteiger partial charge in [-0.3, -0.25) is 0 Å². The van der Waals surface area contributed by atoms with Gasteiger partial charge in [-0.05, 0) is 0 Å². The molecule has 0 radical (unpaired) electrons. The first kappa shape index (κ1) is 6.85. The molecule has 1 N–H and O–H groups in total. The Balaban J connectivity index is 0.000000250. The average molecular weight is 108 g/mol. The van der Waals surface area contributed by atoms with E-state index in [1.807, 2.05) is 0 Å². The number of nitrogens with zero attached hydrogens (tertiary/aromatic N) is 1. The van der Waals surface area contributed by atoms with E-state index in [1.165, 1.54) is 0 Å². The maximum absolute atomic E-state index is 3.67. The molecule has 6 heavy (non-hydrogen) atoms. The van der Waals surface area contributed by atoms with Crippen molar-refractivity contribution < 1.29 is 0 Å². The Morgan fingerprint density at radius 1 is 1.50 bits per heavy atom. The molecule has 1 heterocycles. The van der Waals surface area contributed by atoms with Gasteiger partial charge in [-0.25, -0.2) is 4.98 Å². The molecule has 0 aromatic carbocycles. The van der Waals surface area contributed by atoms with E-state index >= 15 is 0 Å². The molecule has 0 amide bonds. The summed E-state index contributed by atoms with van der Waals surface area (Å²) >= 11 is 0. The van der Waals surface area contributed by atoms with Crippen molar-refractivity contribution in [3.63, 3.8) is 0 Å². The number of hydrogen-bond acceptors (Lipinski definition) is 1. The molecule has 0 saturated carbocycles. The van der Waals surface area contributed by atoms with E-state index in [4.69, 9.17) is 0 Å². The normalized spacial score (nSPS) is 6.67. The minimum atomic E-state index is 0. The van der Waals surface area contributed by atoms with Crippen LogP contribution in [0.5, 0.6) is 0 Å². The van der Waals surface area contributed by atoms with Gasteiger partial charge in [0.05, 0.1) is 6.33 Å². The van der Waals surface area contributed by atoms with Gasteiger partial charge in [0.25, 0.3) is 0 Å². The number of aromatic nitrogens is 2. The fraction of sp³-hybridized carbons (Fsp3) is 0. The van der Waals surface area contributed by atoms with Gasteiger partial charge in [-0.1, -0.05) is 0 Å². The van der Waals surface area contributed by atoms with Gasteiger partial charge in [0, 0.05) is 12.4 Å². The van der Waals surface area contributed by atoms with Crippen molar-refractivity contribution in [3.05, 3.63) is 18.7 Å². The number of aromatic amines is 1. The molecule has 0 atom stereocenters. The molecule has 1 aromatic heterocycles. The van der Waals surface area contributed by atoms with Crippen molar-refractivity contribution in [2.24, 2.45) is 0 Å². The van der Waals surface area contributed by atoms with Crippen LogP contribution in [0.25, 0.3) is 0 Å². The predicted octanol–water partition coefficient (Wildman–Crippen LogP) is -0.239. The molecule has 28 valence electrons. The van der Waals surface area contributed by atoms with E-state index in [1.54, 1.807) is 18.7 Å². The number of hydrogen-bond donors (Lipinski definition) is 1. The Labute approximate surface area is 78.8 Å². The van der Waals surface area contributed by atoms with Crippen LogP contribution < -0.4 is 0 Å². The van der Waals surface area contributed by atoms with E-state index in [9.17, 15) is 0 Å². The molecule has 3 heteroatoms. The van der Waals surface area contributed by atoms with Gasteiger partial charge >= 0.3 is 51.4 Å². The summed E-state index contributed by atoms with van der Waals surface area (Å²) < 4.78 is 0. The van der Waals surface area contributed by atoms with Gasteiger partial charge in [0.15, 0.2) is 0 Å². The van der Waals surface area contributed by atoms with Crippen LogP contribution in [0.15, 0.2) is 18.7 Å². The summed E-state index contributed by atoms with van der Waals surface area (Å²) in [5, 5.41) is 0. The van der Waals surface area contributed by atoms with Gasteiger partial charge < -0.3 is 4.98 Å². The van der Waals surface area contributed by atoms with Crippen molar-refractivity contribution in [1.82, 2.24) is 9.97 Å². The number of rotatable bonds is 0. The van der Waals surface area contributed by atoms with Crippen LogP contribution in [0.4, 0.5) is 0 Å². The second-order valence-corrected chi connectivity index (χ2v) is 0.761. The molecule has 2 nitrogen and oxygen atoms in total. The number of imidazole rings is 1. The van der Waals surface area contributed by atoms with Crippen LogP contribution in [0, 0.1) is 0 Å². The first-order valence-electron chi connectivity index (χ1n) is 1.43.